The lowest BCUT2D eigenvalue weighted by Gasteiger charge is -2.09. The van der Waals surface area contributed by atoms with Gasteiger partial charge in [-0.15, -0.1) is 0 Å². The van der Waals surface area contributed by atoms with Crippen molar-refractivity contribution >= 4 is 5.97 Å². The Kier molecular flexibility index (Phi) is 4.44. The fourth-order valence-electron chi connectivity index (χ4n) is 2.39. The van der Waals surface area contributed by atoms with Gasteiger partial charge in [0.1, 0.15) is 11.8 Å². The van der Waals surface area contributed by atoms with Gasteiger partial charge in [-0.3, -0.25) is 0 Å². The maximum Gasteiger partial charge on any atom is 0.338 e. The number of hydrogen-bond donors (Lipinski definition) is 0. The average Bonchev–Trinajstić information content (AvgIpc) is 2.73. The minimum absolute atomic E-state index is 0.319. The van der Waals surface area contributed by atoms with Crippen molar-refractivity contribution in [3.63, 3.8) is 0 Å². The Bertz CT molecular complexity index is 708. The molecule has 0 saturated carbocycles. The largest absolute Gasteiger partial charge is 0.462 e. The second-order valence-electron chi connectivity index (χ2n) is 4.94. The summed E-state index contributed by atoms with van der Waals surface area (Å²) in [4.78, 5) is 11.8. The average molecular weight is 282 g/mol. The van der Waals surface area contributed by atoms with Crippen molar-refractivity contribution in [2.24, 2.45) is 0 Å². The van der Waals surface area contributed by atoms with Gasteiger partial charge in [-0.05, 0) is 50.1 Å². The van der Waals surface area contributed by atoms with Gasteiger partial charge in [0.25, 0.3) is 0 Å². The molecule has 1 aromatic heterocycles. The first-order valence-corrected chi connectivity index (χ1v) is 6.89. The summed E-state index contributed by atoms with van der Waals surface area (Å²) in [6, 6.07) is 11.6. The van der Waals surface area contributed by atoms with Crippen LogP contribution in [0.25, 0.3) is 0 Å². The van der Waals surface area contributed by atoms with Crippen LogP contribution in [0, 0.1) is 25.2 Å². The Morgan fingerprint density at radius 1 is 1.33 bits per heavy atom. The molecule has 0 bridgehead atoms. The van der Waals surface area contributed by atoms with E-state index in [1.165, 1.54) is 0 Å². The third-order valence-electron chi connectivity index (χ3n) is 3.38. The summed E-state index contributed by atoms with van der Waals surface area (Å²) in [5, 5.41) is 9.26. The van der Waals surface area contributed by atoms with Crippen LogP contribution in [0.2, 0.25) is 0 Å². The van der Waals surface area contributed by atoms with Crippen LogP contribution in [-0.2, 0) is 11.3 Å². The third kappa shape index (κ3) is 3.14. The molecule has 108 valence electrons. The molecule has 0 spiro atoms. The lowest BCUT2D eigenvalue weighted by Crippen LogP contribution is -2.08. The summed E-state index contributed by atoms with van der Waals surface area (Å²) in [6.07, 6.45) is 0. The van der Waals surface area contributed by atoms with Gasteiger partial charge < -0.3 is 9.30 Å². The first-order valence-electron chi connectivity index (χ1n) is 6.89. The molecule has 0 radical (unpaired) electrons. The predicted octanol–water partition coefficient (Wildman–Crippen LogP) is 3.20. The molecule has 0 N–H and O–H groups in total. The second-order valence-corrected chi connectivity index (χ2v) is 4.94. The molecule has 21 heavy (non-hydrogen) atoms. The fraction of sp³-hybridized carbons (Fsp3) is 0.294. The highest BCUT2D eigenvalue weighted by Crippen LogP contribution is 2.17. The number of nitriles is 1. The van der Waals surface area contributed by atoms with Crippen molar-refractivity contribution in [2.45, 2.75) is 27.3 Å². The first kappa shape index (κ1) is 14.9. The Balaban J connectivity index is 2.31. The number of nitrogens with zero attached hydrogens (tertiary/aromatic N) is 2. The molecule has 4 heteroatoms. The van der Waals surface area contributed by atoms with Crippen LogP contribution in [0.5, 0.6) is 0 Å². The molecule has 0 aliphatic rings. The summed E-state index contributed by atoms with van der Waals surface area (Å²) in [7, 11) is 0. The van der Waals surface area contributed by atoms with Gasteiger partial charge in [-0.2, -0.15) is 5.26 Å². The summed E-state index contributed by atoms with van der Waals surface area (Å²) in [5.41, 5.74) is 4.17. The van der Waals surface area contributed by atoms with Crippen LogP contribution in [0.15, 0.2) is 30.3 Å². The van der Waals surface area contributed by atoms with Gasteiger partial charge in [0.15, 0.2) is 0 Å². The fourth-order valence-corrected chi connectivity index (χ4v) is 2.39. The molecule has 0 saturated heterocycles. The number of rotatable bonds is 4. The maximum absolute atomic E-state index is 11.8. The van der Waals surface area contributed by atoms with E-state index in [-0.39, 0.29) is 5.97 Å². The van der Waals surface area contributed by atoms with Gasteiger partial charge in [0.2, 0.25) is 0 Å². The minimum Gasteiger partial charge on any atom is -0.462 e. The Morgan fingerprint density at radius 2 is 2.10 bits per heavy atom. The summed E-state index contributed by atoms with van der Waals surface area (Å²) in [6.45, 7) is 6.61. The molecule has 0 aliphatic carbocycles. The second kappa shape index (κ2) is 6.27. The van der Waals surface area contributed by atoms with Crippen molar-refractivity contribution < 1.29 is 9.53 Å². The van der Waals surface area contributed by atoms with Gasteiger partial charge in [-0.25, -0.2) is 4.79 Å². The predicted molar refractivity (Wildman–Crippen MR) is 80.1 cm³/mol. The highest BCUT2D eigenvalue weighted by molar-refractivity contribution is 5.89. The quantitative estimate of drug-likeness (QED) is 0.809. The Morgan fingerprint density at radius 3 is 2.76 bits per heavy atom. The molecule has 0 fully saturated rings. The van der Waals surface area contributed by atoms with E-state index >= 15 is 0 Å². The zero-order valence-corrected chi connectivity index (χ0v) is 12.5. The van der Waals surface area contributed by atoms with E-state index < -0.39 is 0 Å². The van der Waals surface area contributed by atoms with E-state index in [0.717, 1.165) is 16.8 Å². The van der Waals surface area contributed by atoms with Gasteiger partial charge >= 0.3 is 5.97 Å². The van der Waals surface area contributed by atoms with E-state index in [2.05, 4.69) is 6.07 Å². The normalized spacial score (nSPS) is 10.2. The van der Waals surface area contributed by atoms with E-state index in [1.807, 2.05) is 42.7 Å². The van der Waals surface area contributed by atoms with E-state index in [1.54, 1.807) is 13.0 Å². The van der Waals surface area contributed by atoms with Crippen LogP contribution in [0.1, 0.15) is 39.8 Å². The molecule has 2 aromatic rings. The van der Waals surface area contributed by atoms with Crippen molar-refractivity contribution in [2.75, 3.05) is 6.61 Å². The van der Waals surface area contributed by atoms with Gasteiger partial charge in [-0.1, -0.05) is 12.1 Å². The molecule has 0 unspecified atom stereocenters. The van der Waals surface area contributed by atoms with Gasteiger partial charge in [0, 0.05) is 12.2 Å². The molecule has 0 atom stereocenters. The van der Waals surface area contributed by atoms with Crippen molar-refractivity contribution in [3.8, 4) is 6.07 Å². The van der Waals surface area contributed by atoms with E-state index in [4.69, 9.17) is 4.74 Å². The highest BCUT2D eigenvalue weighted by atomic mass is 16.5. The maximum atomic E-state index is 11.8. The molecular formula is C17H18N2O2. The number of aryl methyl sites for hydroxylation is 2. The zero-order valence-electron chi connectivity index (χ0n) is 12.5. The molecule has 2 rings (SSSR count). The lowest BCUT2D eigenvalue weighted by molar-refractivity contribution is 0.0526. The summed E-state index contributed by atoms with van der Waals surface area (Å²) in [5.74, 6) is -0.319. The van der Waals surface area contributed by atoms with Crippen molar-refractivity contribution in [1.29, 1.82) is 5.26 Å². The number of esters is 1. The minimum atomic E-state index is -0.319. The van der Waals surface area contributed by atoms with Crippen LogP contribution in [0.4, 0.5) is 0 Å². The number of carbonyl (C=O) groups excluding carboxylic acids is 1. The first-order chi connectivity index (χ1) is 10.1. The Labute approximate surface area is 124 Å². The molecule has 0 amide bonds. The molecular weight excluding hydrogens is 264 g/mol. The number of hydrogen-bond acceptors (Lipinski definition) is 3. The Hall–Kier alpha value is -2.54. The van der Waals surface area contributed by atoms with Crippen LogP contribution < -0.4 is 0 Å². The summed E-state index contributed by atoms with van der Waals surface area (Å²) >= 11 is 0. The monoisotopic (exact) mass is 282 g/mol. The molecule has 1 heterocycles. The number of aromatic nitrogens is 1. The molecule has 4 nitrogen and oxygen atoms in total. The molecule has 1 aromatic carbocycles. The topological polar surface area (TPSA) is 55.0 Å². The van der Waals surface area contributed by atoms with E-state index in [0.29, 0.717) is 24.4 Å². The zero-order chi connectivity index (χ0) is 15.4. The number of benzene rings is 1. The van der Waals surface area contributed by atoms with Crippen molar-refractivity contribution in [1.82, 2.24) is 4.57 Å². The third-order valence-corrected chi connectivity index (χ3v) is 3.38. The standard InChI is InChI=1S/C17H18N2O2/c1-4-21-17(20)15-7-5-6-14(9-15)11-19-13(3)8-12(2)16(19)10-18/h5-9H,4,11H2,1-3H3. The number of ether oxygens (including phenoxy) is 1. The van der Waals surface area contributed by atoms with Crippen LogP contribution in [-0.4, -0.2) is 17.1 Å². The van der Waals surface area contributed by atoms with Crippen LogP contribution in [0.3, 0.4) is 0 Å². The van der Waals surface area contributed by atoms with Crippen molar-refractivity contribution in [3.05, 3.63) is 58.4 Å². The smallest absolute Gasteiger partial charge is 0.338 e. The summed E-state index contributed by atoms with van der Waals surface area (Å²) < 4.78 is 6.97. The van der Waals surface area contributed by atoms with Crippen LogP contribution >= 0.6 is 0 Å². The van der Waals surface area contributed by atoms with E-state index in [9.17, 15) is 10.1 Å². The van der Waals surface area contributed by atoms with Gasteiger partial charge in [0.05, 0.1) is 12.2 Å². The number of carbonyl (C=O) groups is 1. The highest BCUT2D eigenvalue weighted by Gasteiger charge is 2.11. The lowest BCUT2D eigenvalue weighted by atomic mass is 10.1. The SMILES string of the molecule is CCOC(=O)c1cccc(Cn2c(C)cc(C)c2C#N)c1. The molecule has 0 aliphatic heterocycles.